The van der Waals surface area contributed by atoms with Gasteiger partial charge in [-0.05, 0) is 5.92 Å². The summed E-state index contributed by atoms with van der Waals surface area (Å²) in [6.07, 6.45) is 0.653. The number of amides is 1. The van der Waals surface area contributed by atoms with Crippen LogP contribution in [0.5, 0.6) is 0 Å². The lowest BCUT2D eigenvalue weighted by molar-refractivity contribution is -0.121. The Morgan fingerprint density at radius 2 is 2.08 bits per heavy atom. The van der Waals surface area contributed by atoms with E-state index >= 15 is 0 Å². The van der Waals surface area contributed by atoms with Crippen LogP contribution in [0.2, 0.25) is 0 Å². The van der Waals surface area contributed by atoms with Gasteiger partial charge >= 0.3 is 10.3 Å². The predicted octanol–water partition coefficient (Wildman–Crippen LogP) is -0.721. The topological polar surface area (TPSA) is 109 Å². The molecular weight excluding hydrogens is 196 g/mol. The van der Waals surface area contributed by atoms with Crippen molar-refractivity contribution in [3.8, 4) is 0 Å². The normalized spacial score (nSPS) is 16.3. The highest BCUT2D eigenvalue weighted by molar-refractivity contribution is 7.84. The lowest BCUT2D eigenvalue weighted by Crippen LogP contribution is -2.46. The molecule has 0 rings (SSSR count). The third-order valence-corrected chi connectivity index (χ3v) is 2.25. The Morgan fingerprint density at radius 3 is 2.38 bits per heavy atom. The number of carbonyl (C=O) groups is 1. The van der Waals surface area contributed by atoms with E-state index in [-0.39, 0.29) is 5.92 Å². The maximum absolute atomic E-state index is 11.0. The van der Waals surface area contributed by atoms with E-state index in [4.69, 9.17) is 10.3 Å². The van der Waals surface area contributed by atoms with Crippen LogP contribution in [0.4, 0.5) is 0 Å². The van der Waals surface area contributed by atoms with Crippen LogP contribution in [0.1, 0.15) is 20.3 Å². The molecular formula is C6H14N2O4S. The zero-order chi connectivity index (χ0) is 10.6. The fourth-order valence-electron chi connectivity index (χ4n) is 0.708. The van der Waals surface area contributed by atoms with E-state index in [0.29, 0.717) is 6.42 Å². The van der Waals surface area contributed by atoms with Gasteiger partial charge in [-0.25, -0.2) is 4.72 Å². The van der Waals surface area contributed by atoms with Crippen molar-refractivity contribution in [2.24, 2.45) is 11.7 Å². The van der Waals surface area contributed by atoms with Crippen LogP contribution in [0, 0.1) is 5.92 Å². The first-order valence-electron chi connectivity index (χ1n) is 3.82. The zero-order valence-electron chi connectivity index (χ0n) is 7.52. The SMILES string of the molecule is CC[C@@H](C)[C@@H](N)C(=O)NS(=O)(=O)O. The highest BCUT2D eigenvalue weighted by Crippen LogP contribution is 2.05. The van der Waals surface area contributed by atoms with Crippen LogP contribution in [0.15, 0.2) is 0 Å². The number of hydrogen-bond donors (Lipinski definition) is 3. The highest BCUT2D eigenvalue weighted by atomic mass is 32.2. The number of carbonyl (C=O) groups excluding carboxylic acids is 1. The summed E-state index contributed by atoms with van der Waals surface area (Å²) in [6.45, 7) is 3.54. The van der Waals surface area contributed by atoms with Gasteiger partial charge in [-0.1, -0.05) is 20.3 Å². The van der Waals surface area contributed by atoms with E-state index in [2.05, 4.69) is 0 Å². The lowest BCUT2D eigenvalue weighted by atomic mass is 10.00. The van der Waals surface area contributed by atoms with Crippen molar-refractivity contribution in [2.75, 3.05) is 0 Å². The van der Waals surface area contributed by atoms with Crippen molar-refractivity contribution >= 4 is 16.2 Å². The fraction of sp³-hybridized carbons (Fsp3) is 0.833. The average molecular weight is 210 g/mol. The molecule has 0 saturated heterocycles. The van der Waals surface area contributed by atoms with Crippen molar-refractivity contribution in [3.63, 3.8) is 0 Å². The molecule has 0 saturated carbocycles. The van der Waals surface area contributed by atoms with Crippen molar-refractivity contribution in [2.45, 2.75) is 26.3 Å². The van der Waals surface area contributed by atoms with E-state index in [1.54, 1.807) is 6.92 Å². The summed E-state index contributed by atoms with van der Waals surface area (Å²) in [5.41, 5.74) is 5.39. The van der Waals surface area contributed by atoms with Crippen LogP contribution in [-0.4, -0.2) is 24.9 Å². The molecule has 0 fully saturated rings. The Bertz CT molecular complexity index is 274. The van der Waals surface area contributed by atoms with Gasteiger partial charge in [-0.3, -0.25) is 9.35 Å². The summed E-state index contributed by atoms with van der Waals surface area (Å²) >= 11 is 0. The van der Waals surface area contributed by atoms with Gasteiger partial charge in [0.05, 0.1) is 6.04 Å². The van der Waals surface area contributed by atoms with Crippen LogP contribution in [0.25, 0.3) is 0 Å². The van der Waals surface area contributed by atoms with Crippen LogP contribution in [-0.2, 0) is 15.1 Å². The van der Waals surface area contributed by atoms with Gasteiger partial charge in [0.25, 0.3) is 5.91 Å². The molecule has 13 heavy (non-hydrogen) atoms. The van der Waals surface area contributed by atoms with Gasteiger partial charge < -0.3 is 5.73 Å². The summed E-state index contributed by atoms with van der Waals surface area (Å²) in [5.74, 6) is -1.03. The summed E-state index contributed by atoms with van der Waals surface area (Å²) in [4.78, 5) is 11.0. The summed E-state index contributed by atoms with van der Waals surface area (Å²) in [6, 6.07) is -0.924. The second-order valence-corrected chi connectivity index (χ2v) is 4.01. The molecule has 0 spiro atoms. The third-order valence-electron chi connectivity index (χ3n) is 1.79. The molecule has 0 aromatic carbocycles. The molecule has 0 aromatic rings. The molecule has 7 heteroatoms. The molecule has 0 unspecified atom stereocenters. The molecule has 0 aromatic heterocycles. The number of nitrogens with two attached hydrogens (primary N) is 1. The maximum Gasteiger partial charge on any atom is 0.359 e. The number of nitrogens with one attached hydrogen (secondary N) is 1. The Hall–Kier alpha value is -0.660. The average Bonchev–Trinajstić information content (AvgIpc) is 1.98. The van der Waals surface area contributed by atoms with Crippen molar-refractivity contribution in [1.29, 1.82) is 0 Å². The molecule has 0 aliphatic carbocycles. The Labute approximate surface area is 77.4 Å². The molecule has 78 valence electrons. The first-order valence-corrected chi connectivity index (χ1v) is 5.26. The van der Waals surface area contributed by atoms with Gasteiger partial charge in [-0.15, -0.1) is 0 Å². The number of rotatable bonds is 4. The zero-order valence-corrected chi connectivity index (χ0v) is 8.34. The molecule has 0 aliphatic rings. The van der Waals surface area contributed by atoms with Crippen molar-refractivity contribution in [1.82, 2.24) is 4.72 Å². The minimum atomic E-state index is -4.49. The maximum atomic E-state index is 11.0. The van der Waals surface area contributed by atoms with Gasteiger partial charge in [0, 0.05) is 0 Å². The number of hydrogen-bond acceptors (Lipinski definition) is 4. The molecule has 1 amide bonds. The smallest absolute Gasteiger partial charge is 0.320 e. The minimum absolute atomic E-state index is 0.137. The first kappa shape index (κ1) is 12.3. The predicted molar refractivity (Wildman–Crippen MR) is 47.1 cm³/mol. The molecule has 4 N–H and O–H groups in total. The van der Waals surface area contributed by atoms with E-state index in [1.807, 2.05) is 6.92 Å². The fourth-order valence-corrected chi connectivity index (χ4v) is 1.10. The molecule has 0 heterocycles. The molecule has 6 nitrogen and oxygen atoms in total. The molecule has 0 radical (unpaired) electrons. The van der Waals surface area contributed by atoms with Gasteiger partial charge in [0.2, 0.25) is 0 Å². The van der Waals surface area contributed by atoms with Gasteiger partial charge in [-0.2, -0.15) is 8.42 Å². The minimum Gasteiger partial charge on any atom is -0.320 e. The molecule has 0 bridgehead atoms. The summed E-state index contributed by atoms with van der Waals surface area (Å²) in [5, 5.41) is 0. The molecule has 2 atom stereocenters. The molecule has 0 aliphatic heterocycles. The first-order chi connectivity index (χ1) is 5.78. The van der Waals surface area contributed by atoms with Crippen molar-refractivity contribution < 1.29 is 17.8 Å². The summed E-state index contributed by atoms with van der Waals surface area (Å²) < 4.78 is 30.1. The quantitative estimate of drug-likeness (QED) is 0.530. The van der Waals surface area contributed by atoms with Gasteiger partial charge in [0.1, 0.15) is 0 Å². The Balaban J connectivity index is 4.28. The van der Waals surface area contributed by atoms with Crippen LogP contribution >= 0.6 is 0 Å². The Kier molecular flexibility index (Phi) is 4.31. The van der Waals surface area contributed by atoms with E-state index < -0.39 is 22.3 Å². The van der Waals surface area contributed by atoms with Crippen molar-refractivity contribution in [3.05, 3.63) is 0 Å². The largest absolute Gasteiger partial charge is 0.359 e. The van der Waals surface area contributed by atoms with E-state index in [9.17, 15) is 13.2 Å². The van der Waals surface area contributed by atoms with Gasteiger partial charge in [0.15, 0.2) is 0 Å². The summed E-state index contributed by atoms with van der Waals surface area (Å²) in [7, 11) is -4.49. The van der Waals surface area contributed by atoms with E-state index in [1.165, 1.54) is 4.72 Å². The lowest BCUT2D eigenvalue weighted by Gasteiger charge is -2.16. The highest BCUT2D eigenvalue weighted by Gasteiger charge is 2.22. The van der Waals surface area contributed by atoms with E-state index in [0.717, 1.165) is 0 Å². The third kappa shape index (κ3) is 4.81. The Morgan fingerprint density at radius 1 is 1.62 bits per heavy atom. The van der Waals surface area contributed by atoms with Crippen LogP contribution < -0.4 is 10.5 Å². The second-order valence-electron chi connectivity index (χ2n) is 2.85. The van der Waals surface area contributed by atoms with Crippen LogP contribution in [0.3, 0.4) is 0 Å². The monoisotopic (exact) mass is 210 g/mol. The second kappa shape index (κ2) is 4.54. The standard InChI is InChI=1S/C6H14N2O4S/c1-3-4(2)5(7)6(9)8-13(10,11)12/h4-5H,3,7H2,1-2H3,(H,8,9)(H,10,11,12)/t4-,5-/m1/s1.